The number of amides is 1. The minimum absolute atomic E-state index is 0.0805. The molecule has 1 amide bonds. The maximum absolute atomic E-state index is 13.3. The molecule has 0 atom stereocenters. The standard InChI is InChI=1S/C22H19F2N5O2S2/c1-2-10-31-18-12-29(17-8-6-15(23)7-9-17)28-19(18)20(30)25-21-26-27-22(33-21)32-13-14-4-3-5-16(24)11-14/h3-9,11-12H,2,10,13H2,1H3,(H,25,26,30). The van der Waals surface area contributed by atoms with Crippen molar-refractivity contribution in [3.05, 3.63) is 77.6 Å². The van der Waals surface area contributed by atoms with Gasteiger partial charge in [-0.1, -0.05) is 42.2 Å². The van der Waals surface area contributed by atoms with E-state index in [-0.39, 0.29) is 17.3 Å². The summed E-state index contributed by atoms with van der Waals surface area (Å²) in [5.74, 6) is -0.325. The van der Waals surface area contributed by atoms with Gasteiger partial charge < -0.3 is 4.74 Å². The van der Waals surface area contributed by atoms with Crippen molar-refractivity contribution in [2.75, 3.05) is 11.9 Å². The normalized spacial score (nSPS) is 10.9. The Morgan fingerprint density at radius 2 is 1.97 bits per heavy atom. The van der Waals surface area contributed by atoms with Gasteiger partial charge in [-0.3, -0.25) is 10.1 Å². The number of carbonyl (C=O) groups excluding carboxylic acids is 1. The molecule has 0 radical (unpaired) electrons. The largest absolute Gasteiger partial charge is 0.489 e. The fourth-order valence-electron chi connectivity index (χ4n) is 2.81. The van der Waals surface area contributed by atoms with E-state index < -0.39 is 5.91 Å². The van der Waals surface area contributed by atoms with Crippen LogP contribution in [0.2, 0.25) is 0 Å². The first-order valence-electron chi connectivity index (χ1n) is 10.0. The number of hydrogen-bond donors (Lipinski definition) is 1. The highest BCUT2D eigenvalue weighted by molar-refractivity contribution is 8.00. The fraction of sp³-hybridized carbons (Fsp3) is 0.182. The zero-order valence-electron chi connectivity index (χ0n) is 17.5. The average molecular weight is 488 g/mol. The molecule has 2 aromatic carbocycles. The molecule has 33 heavy (non-hydrogen) atoms. The van der Waals surface area contributed by atoms with Crippen LogP contribution in [0, 0.1) is 11.6 Å². The number of benzene rings is 2. The summed E-state index contributed by atoms with van der Waals surface area (Å²) in [7, 11) is 0. The van der Waals surface area contributed by atoms with Crippen molar-refractivity contribution in [2.45, 2.75) is 23.4 Å². The molecule has 4 aromatic rings. The van der Waals surface area contributed by atoms with Gasteiger partial charge in [0.25, 0.3) is 5.91 Å². The Hall–Kier alpha value is -3.31. The monoisotopic (exact) mass is 487 g/mol. The SMILES string of the molecule is CCCOc1cn(-c2ccc(F)cc2)nc1C(=O)Nc1nnc(SCc2cccc(F)c2)s1. The van der Waals surface area contributed by atoms with Gasteiger partial charge in [-0.15, -0.1) is 10.2 Å². The van der Waals surface area contributed by atoms with E-state index in [0.717, 1.165) is 12.0 Å². The Labute approximate surface area is 196 Å². The Kier molecular flexibility index (Phi) is 7.30. The molecule has 0 saturated heterocycles. The fourth-order valence-corrected chi connectivity index (χ4v) is 4.50. The van der Waals surface area contributed by atoms with E-state index in [2.05, 4.69) is 20.6 Å². The maximum Gasteiger partial charge on any atom is 0.281 e. The first kappa shape index (κ1) is 22.9. The third kappa shape index (κ3) is 5.93. The molecule has 0 fully saturated rings. The predicted octanol–water partition coefficient (Wildman–Crippen LogP) is 5.34. The highest BCUT2D eigenvalue weighted by Gasteiger charge is 2.21. The Morgan fingerprint density at radius 3 is 2.73 bits per heavy atom. The van der Waals surface area contributed by atoms with Gasteiger partial charge in [-0.2, -0.15) is 5.10 Å². The summed E-state index contributed by atoms with van der Waals surface area (Å²) in [4.78, 5) is 12.9. The summed E-state index contributed by atoms with van der Waals surface area (Å²) in [6, 6.07) is 12.1. The van der Waals surface area contributed by atoms with Gasteiger partial charge in [0.05, 0.1) is 18.5 Å². The molecule has 0 saturated carbocycles. The smallest absolute Gasteiger partial charge is 0.281 e. The van der Waals surface area contributed by atoms with E-state index in [9.17, 15) is 13.6 Å². The highest BCUT2D eigenvalue weighted by atomic mass is 32.2. The zero-order chi connectivity index (χ0) is 23.2. The summed E-state index contributed by atoms with van der Waals surface area (Å²) in [6.45, 7) is 2.36. The molecule has 0 aliphatic rings. The second-order valence-corrected chi connectivity index (χ2v) is 9.06. The van der Waals surface area contributed by atoms with Gasteiger partial charge in [0.15, 0.2) is 15.8 Å². The first-order chi connectivity index (χ1) is 16.0. The molecule has 0 unspecified atom stereocenters. The number of rotatable bonds is 9. The van der Waals surface area contributed by atoms with Gasteiger partial charge in [-0.05, 0) is 48.4 Å². The quantitative estimate of drug-likeness (QED) is 0.254. The lowest BCUT2D eigenvalue weighted by atomic mass is 10.2. The minimum Gasteiger partial charge on any atom is -0.489 e. The zero-order valence-corrected chi connectivity index (χ0v) is 19.1. The van der Waals surface area contributed by atoms with Gasteiger partial charge in [-0.25, -0.2) is 13.5 Å². The van der Waals surface area contributed by atoms with Crippen LogP contribution in [-0.4, -0.2) is 32.5 Å². The van der Waals surface area contributed by atoms with E-state index in [1.54, 1.807) is 24.4 Å². The number of nitrogens with zero attached hydrogens (tertiary/aromatic N) is 4. The molecule has 170 valence electrons. The molecule has 4 rings (SSSR count). The van der Waals surface area contributed by atoms with E-state index in [1.165, 1.54) is 52.0 Å². The van der Waals surface area contributed by atoms with Crippen LogP contribution in [0.5, 0.6) is 5.75 Å². The lowest BCUT2D eigenvalue weighted by Crippen LogP contribution is -2.14. The minimum atomic E-state index is -0.500. The summed E-state index contributed by atoms with van der Waals surface area (Å²) >= 11 is 2.60. The third-order valence-corrected chi connectivity index (χ3v) is 6.37. The molecule has 7 nitrogen and oxygen atoms in total. The highest BCUT2D eigenvalue weighted by Crippen LogP contribution is 2.29. The number of halogens is 2. The van der Waals surface area contributed by atoms with E-state index in [4.69, 9.17) is 4.74 Å². The second-order valence-electron chi connectivity index (χ2n) is 6.86. The molecule has 0 bridgehead atoms. The van der Waals surface area contributed by atoms with Crippen molar-refractivity contribution >= 4 is 34.1 Å². The van der Waals surface area contributed by atoms with Crippen molar-refractivity contribution in [3.8, 4) is 11.4 Å². The predicted molar refractivity (Wildman–Crippen MR) is 123 cm³/mol. The van der Waals surface area contributed by atoms with E-state index >= 15 is 0 Å². The van der Waals surface area contributed by atoms with Crippen LogP contribution in [0.3, 0.4) is 0 Å². The lowest BCUT2D eigenvalue weighted by molar-refractivity contribution is 0.101. The van der Waals surface area contributed by atoms with Crippen LogP contribution >= 0.6 is 23.1 Å². The van der Waals surface area contributed by atoms with Crippen LogP contribution in [0.25, 0.3) is 5.69 Å². The van der Waals surface area contributed by atoms with Crippen LogP contribution in [-0.2, 0) is 5.75 Å². The summed E-state index contributed by atoms with van der Waals surface area (Å²) in [6.07, 6.45) is 2.34. The Balaban J connectivity index is 1.46. The molecule has 1 N–H and O–H groups in total. The summed E-state index contributed by atoms with van der Waals surface area (Å²) < 4.78 is 34.3. The van der Waals surface area contributed by atoms with Crippen molar-refractivity contribution in [1.82, 2.24) is 20.0 Å². The molecule has 11 heteroatoms. The number of thioether (sulfide) groups is 1. The van der Waals surface area contributed by atoms with Crippen molar-refractivity contribution < 1.29 is 18.3 Å². The molecule has 2 heterocycles. The molecule has 0 aliphatic carbocycles. The van der Waals surface area contributed by atoms with Crippen LogP contribution in [0.4, 0.5) is 13.9 Å². The van der Waals surface area contributed by atoms with Gasteiger partial charge >= 0.3 is 0 Å². The van der Waals surface area contributed by atoms with Crippen molar-refractivity contribution in [2.24, 2.45) is 0 Å². The number of anilines is 1. The maximum atomic E-state index is 13.3. The van der Waals surface area contributed by atoms with Gasteiger partial charge in [0, 0.05) is 5.75 Å². The third-order valence-electron chi connectivity index (χ3n) is 4.33. The Morgan fingerprint density at radius 1 is 1.15 bits per heavy atom. The molecular formula is C22H19F2N5O2S2. The number of hydrogen-bond acceptors (Lipinski definition) is 7. The van der Waals surface area contributed by atoms with Crippen LogP contribution < -0.4 is 10.1 Å². The molecule has 0 spiro atoms. The van der Waals surface area contributed by atoms with Gasteiger partial charge in [0.2, 0.25) is 5.13 Å². The molecule has 0 aliphatic heterocycles. The second kappa shape index (κ2) is 10.5. The van der Waals surface area contributed by atoms with Crippen LogP contribution in [0.1, 0.15) is 29.4 Å². The number of ether oxygens (including phenoxy) is 1. The number of nitrogens with one attached hydrogen (secondary N) is 1. The number of carbonyl (C=O) groups is 1. The topological polar surface area (TPSA) is 81.9 Å². The number of aromatic nitrogens is 4. The summed E-state index contributed by atoms with van der Waals surface area (Å²) in [5, 5.41) is 15.4. The summed E-state index contributed by atoms with van der Waals surface area (Å²) in [5.41, 5.74) is 1.49. The first-order valence-corrected chi connectivity index (χ1v) is 11.8. The molecular weight excluding hydrogens is 468 g/mol. The molecule has 2 aromatic heterocycles. The van der Waals surface area contributed by atoms with Crippen molar-refractivity contribution in [1.29, 1.82) is 0 Å². The van der Waals surface area contributed by atoms with E-state index in [1.807, 2.05) is 13.0 Å². The van der Waals surface area contributed by atoms with Gasteiger partial charge in [0.1, 0.15) is 11.6 Å². The van der Waals surface area contributed by atoms with Crippen molar-refractivity contribution in [3.63, 3.8) is 0 Å². The Bertz CT molecular complexity index is 1240. The lowest BCUT2D eigenvalue weighted by Gasteiger charge is -2.03. The van der Waals surface area contributed by atoms with E-state index in [0.29, 0.717) is 33.3 Å². The average Bonchev–Trinajstić information content (AvgIpc) is 3.44. The van der Waals surface area contributed by atoms with Crippen LogP contribution in [0.15, 0.2) is 59.1 Å².